The maximum Gasteiger partial charge on any atom is 0.264 e. The first-order valence-electron chi connectivity index (χ1n) is 14.9. The molecule has 0 spiro atoms. The topological polar surface area (TPSA) is 86.8 Å². The van der Waals surface area contributed by atoms with Gasteiger partial charge in [0.25, 0.3) is 10.0 Å². The van der Waals surface area contributed by atoms with Crippen LogP contribution in [0.15, 0.2) is 114 Å². The maximum atomic E-state index is 14.5. The summed E-state index contributed by atoms with van der Waals surface area (Å²) in [6.45, 7) is 8.02. The number of anilines is 1. The summed E-state index contributed by atoms with van der Waals surface area (Å²) in [6, 6.07) is 31.6. The monoisotopic (exact) mass is 611 g/mol. The van der Waals surface area contributed by atoms with E-state index in [9.17, 15) is 18.0 Å². The van der Waals surface area contributed by atoms with Gasteiger partial charge in [-0.05, 0) is 55.2 Å². The van der Waals surface area contributed by atoms with Crippen LogP contribution >= 0.6 is 0 Å². The highest BCUT2D eigenvalue weighted by atomic mass is 32.2. The molecule has 0 saturated carbocycles. The van der Waals surface area contributed by atoms with Crippen molar-refractivity contribution in [3.8, 4) is 0 Å². The van der Waals surface area contributed by atoms with Gasteiger partial charge in [0.1, 0.15) is 12.6 Å². The number of carbonyl (C=O) groups is 2. The summed E-state index contributed by atoms with van der Waals surface area (Å²) in [7, 11) is -4.12. The lowest BCUT2D eigenvalue weighted by Crippen LogP contribution is -2.53. The second kappa shape index (κ2) is 14.8. The molecule has 230 valence electrons. The van der Waals surface area contributed by atoms with Crippen molar-refractivity contribution >= 4 is 27.5 Å². The maximum absolute atomic E-state index is 14.5. The normalized spacial score (nSPS) is 12.0. The van der Waals surface area contributed by atoms with Crippen molar-refractivity contribution in [2.24, 2.45) is 5.92 Å². The fourth-order valence-electron chi connectivity index (χ4n) is 4.94. The smallest absolute Gasteiger partial charge is 0.264 e. The van der Waals surface area contributed by atoms with Crippen LogP contribution in [-0.2, 0) is 32.6 Å². The largest absolute Gasteiger partial charge is 0.354 e. The Bertz CT molecular complexity index is 1640. The number of nitrogens with one attached hydrogen (secondary N) is 1. The van der Waals surface area contributed by atoms with Crippen LogP contribution in [0, 0.1) is 19.8 Å². The predicted molar refractivity (Wildman–Crippen MR) is 176 cm³/mol. The molecule has 0 unspecified atom stereocenters. The van der Waals surface area contributed by atoms with E-state index in [0.29, 0.717) is 12.2 Å². The Morgan fingerprint density at radius 1 is 0.750 bits per heavy atom. The van der Waals surface area contributed by atoms with Gasteiger partial charge in [-0.3, -0.25) is 13.9 Å². The van der Waals surface area contributed by atoms with Gasteiger partial charge in [-0.25, -0.2) is 8.42 Å². The number of benzene rings is 4. The molecule has 0 aliphatic heterocycles. The second-order valence-electron chi connectivity index (χ2n) is 11.5. The molecule has 0 bridgehead atoms. The second-order valence-corrected chi connectivity index (χ2v) is 13.4. The third-order valence-corrected chi connectivity index (χ3v) is 9.11. The molecule has 1 N–H and O–H groups in total. The van der Waals surface area contributed by atoms with E-state index in [0.717, 1.165) is 26.6 Å². The van der Waals surface area contributed by atoms with Gasteiger partial charge in [0, 0.05) is 19.5 Å². The summed E-state index contributed by atoms with van der Waals surface area (Å²) in [5.74, 6) is -0.547. The van der Waals surface area contributed by atoms with E-state index in [1.54, 1.807) is 30.3 Å². The minimum atomic E-state index is -4.12. The fourth-order valence-corrected chi connectivity index (χ4v) is 6.38. The first kappa shape index (κ1) is 32.5. The Kier molecular flexibility index (Phi) is 11.0. The molecule has 4 rings (SSSR count). The molecule has 1 atom stereocenters. The highest BCUT2D eigenvalue weighted by Crippen LogP contribution is 2.25. The molecule has 44 heavy (non-hydrogen) atoms. The van der Waals surface area contributed by atoms with E-state index in [1.807, 2.05) is 94.4 Å². The highest BCUT2D eigenvalue weighted by molar-refractivity contribution is 7.92. The minimum absolute atomic E-state index is 0.0779. The lowest BCUT2D eigenvalue weighted by atomic mass is 10.0. The zero-order valence-corrected chi connectivity index (χ0v) is 26.6. The Balaban J connectivity index is 1.79. The Morgan fingerprint density at radius 3 is 1.98 bits per heavy atom. The molecular formula is C36H41N3O4S. The van der Waals surface area contributed by atoms with E-state index < -0.39 is 28.5 Å². The fraction of sp³-hybridized carbons (Fsp3) is 0.278. The highest BCUT2D eigenvalue weighted by Gasteiger charge is 2.34. The van der Waals surface area contributed by atoms with Crippen molar-refractivity contribution in [3.05, 3.63) is 131 Å². The van der Waals surface area contributed by atoms with E-state index in [4.69, 9.17) is 0 Å². The summed E-state index contributed by atoms with van der Waals surface area (Å²) in [4.78, 5) is 29.9. The summed E-state index contributed by atoms with van der Waals surface area (Å²) >= 11 is 0. The standard InChI is InChI=1S/C36H41N3O4S/c1-27(2)24-37-36(41)34(23-30-13-7-5-8-14-30)38(25-31-15-11-12-29(4)22-31)35(40)26-39(32-20-18-28(3)19-21-32)44(42,43)33-16-9-6-10-17-33/h5-22,27,34H,23-26H2,1-4H3,(H,37,41)/t34-/m0/s1. The van der Waals surface area contributed by atoms with E-state index >= 15 is 0 Å². The molecule has 0 aromatic heterocycles. The summed E-state index contributed by atoms with van der Waals surface area (Å²) < 4.78 is 29.2. The third-order valence-electron chi connectivity index (χ3n) is 7.32. The van der Waals surface area contributed by atoms with Crippen LogP contribution in [0.1, 0.15) is 36.1 Å². The third kappa shape index (κ3) is 8.57. The number of nitrogens with zero attached hydrogens (tertiary/aromatic N) is 2. The van der Waals surface area contributed by atoms with Crippen LogP contribution in [0.4, 0.5) is 5.69 Å². The quantitative estimate of drug-likeness (QED) is 0.204. The number of hydrogen-bond donors (Lipinski definition) is 1. The van der Waals surface area contributed by atoms with Gasteiger partial charge >= 0.3 is 0 Å². The van der Waals surface area contributed by atoms with Gasteiger partial charge in [-0.15, -0.1) is 0 Å². The average molecular weight is 612 g/mol. The van der Waals surface area contributed by atoms with Crippen molar-refractivity contribution in [1.29, 1.82) is 0 Å². The molecule has 2 amide bonds. The van der Waals surface area contributed by atoms with Gasteiger partial charge in [0.2, 0.25) is 11.8 Å². The van der Waals surface area contributed by atoms with Crippen LogP contribution < -0.4 is 9.62 Å². The van der Waals surface area contributed by atoms with Crippen molar-refractivity contribution in [3.63, 3.8) is 0 Å². The summed E-state index contributed by atoms with van der Waals surface area (Å²) in [5.41, 5.74) is 4.09. The minimum Gasteiger partial charge on any atom is -0.354 e. The van der Waals surface area contributed by atoms with E-state index in [-0.39, 0.29) is 29.7 Å². The van der Waals surface area contributed by atoms with Gasteiger partial charge in [-0.1, -0.05) is 110 Å². The molecule has 0 aliphatic rings. The molecule has 0 saturated heterocycles. The molecule has 0 aliphatic carbocycles. The SMILES string of the molecule is Cc1ccc(N(CC(=O)N(Cc2cccc(C)c2)[C@@H](Cc2ccccc2)C(=O)NCC(C)C)S(=O)(=O)c2ccccc2)cc1. The molecule has 0 radical (unpaired) electrons. The summed E-state index contributed by atoms with van der Waals surface area (Å²) in [6.07, 6.45) is 0.276. The first-order chi connectivity index (χ1) is 21.0. The molecule has 4 aromatic rings. The lowest BCUT2D eigenvalue weighted by molar-refractivity contribution is -0.140. The molecule has 7 nitrogen and oxygen atoms in total. The van der Waals surface area contributed by atoms with Crippen molar-refractivity contribution in [2.45, 2.75) is 51.6 Å². The van der Waals surface area contributed by atoms with Crippen LogP contribution in [0.3, 0.4) is 0 Å². The zero-order valence-electron chi connectivity index (χ0n) is 25.8. The first-order valence-corrected chi connectivity index (χ1v) is 16.3. The molecule has 0 heterocycles. The molecular weight excluding hydrogens is 570 g/mol. The lowest BCUT2D eigenvalue weighted by Gasteiger charge is -2.34. The van der Waals surface area contributed by atoms with E-state index in [1.165, 1.54) is 17.0 Å². The number of aryl methyl sites for hydroxylation is 2. The molecule has 0 fully saturated rings. The summed E-state index contributed by atoms with van der Waals surface area (Å²) in [5, 5.41) is 3.02. The number of rotatable bonds is 13. The van der Waals surface area contributed by atoms with E-state index in [2.05, 4.69) is 5.32 Å². The number of sulfonamides is 1. The van der Waals surface area contributed by atoms with Crippen LogP contribution in [0.5, 0.6) is 0 Å². The van der Waals surface area contributed by atoms with Crippen LogP contribution in [-0.4, -0.2) is 44.3 Å². The number of hydrogen-bond acceptors (Lipinski definition) is 4. The van der Waals surface area contributed by atoms with Gasteiger partial charge in [-0.2, -0.15) is 0 Å². The number of carbonyl (C=O) groups excluding carboxylic acids is 2. The van der Waals surface area contributed by atoms with Gasteiger partial charge in [0.05, 0.1) is 10.6 Å². The van der Waals surface area contributed by atoms with Crippen LogP contribution in [0.2, 0.25) is 0 Å². The Morgan fingerprint density at radius 2 is 1.36 bits per heavy atom. The Labute approximate surface area is 261 Å². The Hall–Kier alpha value is -4.43. The zero-order chi connectivity index (χ0) is 31.7. The average Bonchev–Trinajstić information content (AvgIpc) is 3.01. The van der Waals surface area contributed by atoms with Gasteiger partial charge < -0.3 is 10.2 Å². The number of amides is 2. The van der Waals surface area contributed by atoms with Crippen molar-refractivity contribution in [2.75, 3.05) is 17.4 Å². The predicted octanol–water partition coefficient (Wildman–Crippen LogP) is 5.91. The molecule has 4 aromatic carbocycles. The molecule has 8 heteroatoms. The van der Waals surface area contributed by atoms with Crippen molar-refractivity contribution in [1.82, 2.24) is 10.2 Å². The van der Waals surface area contributed by atoms with Gasteiger partial charge in [0.15, 0.2) is 0 Å². The van der Waals surface area contributed by atoms with Crippen molar-refractivity contribution < 1.29 is 18.0 Å². The van der Waals surface area contributed by atoms with Crippen LogP contribution in [0.25, 0.3) is 0 Å².